The van der Waals surface area contributed by atoms with Crippen LogP contribution in [0.3, 0.4) is 0 Å². The number of pyridine rings is 2. The van der Waals surface area contributed by atoms with E-state index in [0.717, 1.165) is 5.56 Å². The second-order valence-electron chi connectivity index (χ2n) is 9.35. The molecule has 0 saturated carbocycles. The third kappa shape index (κ3) is 5.98. The molecule has 0 unspecified atom stereocenters. The average molecular weight is 517 g/mol. The first-order chi connectivity index (χ1) is 18.3. The van der Waals surface area contributed by atoms with E-state index in [1.54, 1.807) is 55.5 Å². The van der Waals surface area contributed by atoms with Gasteiger partial charge in [-0.2, -0.15) is 0 Å². The van der Waals surface area contributed by atoms with Crippen molar-refractivity contribution in [1.29, 1.82) is 0 Å². The number of aliphatic hydroxyl groups is 1. The molecule has 1 aliphatic rings. The van der Waals surface area contributed by atoms with Crippen LogP contribution >= 0.6 is 0 Å². The Morgan fingerprint density at radius 1 is 1.24 bits per heavy atom. The van der Waals surface area contributed by atoms with E-state index in [9.17, 15) is 19.1 Å². The van der Waals surface area contributed by atoms with E-state index in [4.69, 9.17) is 4.74 Å². The van der Waals surface area contributed by atoms with E-state index in [1.807, 2.05) is 6.92 Å². The van der Waals surface area contributed by atoms with Crippen molar-refractivity contribution in [3.63, 3.8) is 0 Å². The van der Waals surface area contributed by atoms with Gasteiger partial charge in [-0.25, -0.2) is 9.37 Å². The van der Waals surface area contributed by atoms with E-state index in [2.05, 4.69) is 21.8 Å². The van der Waals surface area contributed by atoms with Gasteiger partial charge in [-0.3, -0.25) is 14.6 Å². The number of nitrogens with zero attached hydrogens (tertiary/aromatic N) is 4. The lowest BCUT2D eigenvalue weighted by atomic mass is 9.99. The molecular weight excluding hydrogens is 487 g/mol. The van der Waals surface area contributed by atoms with Crippen molar-refractivity contribution >= 4 is 11.8 Å². The molecule has 0 radical (unpaired) electrons. The molecule has 3 heterocycles. The summed E-state index contributed by atoms with van der Waals surface area (Å²) in [5.41, 5.74) is 1.47. The van der Waals surface area contributed by atoms with Gasteiger partial charge in [0.25, 0.3) is 11.8 Å². The summed E-state index contributed by atoms with van der Waals surface area (Å²) in [5.74, 6) is 4.50. The van der Waals surface area contributed by atoms with Crippen LogP contribution in [-0.2, 0) is 0 Å². The smallest absolute Gasteiger partial charge is 0.259 e. The topological polar surface area (TPSA) is 95.9 Å². The number of carbonyl (C=O) groups is 2. The van der Waals surface area contributed by atoms with Crippen LogP contribution in [0.5, 0.6) is 5.88 Å². The second kappa shape index (κ2) is 11.8. The van der Waals surface area contributed by atoms with Crippen molar-refractivity contribution in [2.45, 2.75) is 26.0 Å². The molecule has 38 heavy (non-hydrogen) atoms. The van der Waals surface area contributed by atoms with Crippen molar-refractivity contribution < 1.29 is 23.8 Å². The summed E-state index contributed by atoms with van der Waals surface area (Å²) in [7, 11) is 1.58. The highest BCUT2D eigenvalue weighted by Gasteiger charge is 2.35. The maximum absolute atomic E-state index is 14.2. The van der Waals surface area contributed by atoms with Crippen LogP contribution in [0.1, 0.15) is 45.7 Å². The third-order valence-electron chi connectivity index (χ3n) is 6.46. The van der Waals surface area contributed by atoms with E-state index in [0.29, 0.717) is 5.56 Å². The molecule has 0 bridgehead atoms. The quantitative estimate of drug-likeness (QED) is 0.524. The SMILES string of the molecule is C[C@H](CO)N1C[C@H](C)[C@@H](CN(C)C(=O)c2ccccc2F)Oc2ncc(C#Cc3ccncc3)cc2C1=O. The molecule has 8 nitrogen and oxygen atoms in total. The van der Waals surface area contributed by atoms with Crippen LogP contribution in [0, 0.1) is 23.6 Å². The lowest BCUT2D eigenvalue weighted by molar-refractivity contribution is 0.0312. The second-order valence-corrected chi connectivity index (χ2v) is 9.35. The Kier molecular flexibility index (Phi) is 8.34. The molecule has 3 atom stereocenters. The zero-order chi connectivity index (χ0) is 27.2. The van der Waals surface area contributed by atoms with Gasteiger partial charge in [-0.15, -0.1) is 0 Å². The molecule has 2 aromatic heterocycles. The summed E-state index contributed by atoms with van der Waals surface area (Å²) in [6.07, 6.45) is 4.25. The molecule has 0 aliphatic carbocycles. The standard InChI is InChI=1S/C29H29FN4O4/c1-19-16-34(20(2)18-35)29(37)24-14-22(9-8-21-10-12-31-13-11-21)15-32-27(24)38-26(19)17-33(3)28(36)23-6-4-5-7-25(23)30/h4-7,10-15,19-20,26,35H,16-18H2,1-3H3/t19-,20+,26+/m0/s1. The van der Waals surface area contributed by atoms with Gasteiger partial charge in [0.2, 0.25) is 5.88 Å². The fraction of sp³-hybridized carbons (Fsp3) is 0.310. The summed E-state index contributed by atoms with van der Waals surface area (Å²) in [6, 6.07) is 10.5. The molecule has 4 rings (SSSR count). The highest BCUT2D eigenvalue weighted by Crippen LogP contribution is 2.27. The molecule has 0 spiro atoms. The highest BCUT2D eigenvalue weighted by molar-refractivity contribution is 5.97. The fourth-order valence-corrected chi connectivity index (χ4v) is 4.16. The minimum Gasteiger partial charge on any atom is -0.472 e. The van der Waals surface area contributed by atoms with E-state index < -0.39 is 23.9 Å². The average Bonchev–Trinajstić information content (AvgIpc) is 2.93. The number of benzene rings is 1. The van der Waals surface area contributed by atoms with Crippen molar-refractivity contribution in [3.05, 3.63) is 89.1 Å². The van der Waals surface area contributed by atoms with Gasteiger partial charge in [-0.05, 0) is 37.3 Å². The van der Waals surface area contributed by atoms with E-state index >= 15 is 0 Å². The van der Waals surface area contributed by atoms with Crippen molar-refractivity contribution in [3.8, 4) is 17.7 Å². The number of aromatic nitrogens is 2. The molecule has 2 amide bonds. The number of fused-ring (bicyclic) bond motifs is 1. The Morgan fingerprint density at radius 3 is 2.66 bits per heavy atom. The van der Waals surface area contributed by atoms with Crippen molar-refractivity contribution in [2.75, 3.05) is 26.7 Å². The maximum Gasteiger partial charge on any atom is 0.259 e. The molecule has 0 saturated heterocycles. The molecule has 0 fully saturated rings. The number of aliphatic hydroxyl groups excluding tert-OH is 1. The molecule has 1 N–H and O–H groups in total. The fourth-order valence-electron chi connectivity index (χ4n) is 4.16. The number of hydrogen-bond acceptors (Lipinski definition) is 6. The Labute approximate surface area is 221 Å². The first kappa shape index (κ1) is 26.8. The maximum atomic E-state index is 14.2. The minimum atomic E-state index is -0.600. The first-order valence-electron chi connectivity index (χ1n) is 12.3. The summed E-state index contributed by atoms with van der Waals surface area (Å²) in [4.78, 5) is 37.9. The molecule has 1 aromatic carbocycles. The van der Waals surface area contributed by atoms with Gasteiger partial charge in [-0.1, -0.05) is 30.9 Å². The van der Waals surface area contributed by atoms with Crippen LogP contribution in [-0.4, -0.2) is 75.6 Å². The monoisotopic (exact) mass is 516 g/mol. The van der Waals surface area contributed by atoms with E-state index in [-0.39, 0.29) is 48.5 Å². The number of amides is 2. The van der Waals surface area contributed by atoms with Crippen LogP contribution in [0.15, 0.2) is 61.1 Å². The summed E-state index contributed by atoms with van der Waals surface area (Å²) < 4.78 is 20.5. The van der Waals surface area contributed by atoms with Gasteiger partial charge in [0.05, 0.1) is 24.8 Å². The number of hydrogen-bond donors (Lipinski definition) is 1. The summed E-state index contributed by atoms with van der Waals surface area (Å²) >= 11 is 0. The Hall–Kier alpha value is -4.29. The van der Waals surface area contributed by atoms with Crippen LogP contribution in [0.4, 0.5) is 4.39 Å². The van der Waals surface area contributed by atoms with Gasteiger partial charge in [0.1, 0.15) is 17.5 Å². The molecule has 196 valence electrons. The molecule has 3 aromatic rings. The Morgan fingerprint density at radius 2 is 1.95 bits per heavy atom. The normalized spacial score (nSPS) is 17.7. The van der Waals surface area contributed by atoms with Crippen LogP contribution in [0.2, 0.25) is 0 Å². The minimum absolute atomic E-state index is 0.0323. The third-order valence-corrected chi connectivity index (χ3v) is 6.46. The Balaban J connectivity index is 1.66. The number of likely N-dealkylation sites (N-methyl/N-ethyl adjacent to an activating group) is 1. The zero-order valence-corrected chi connectivity index (χ0v) is 21.5. The predicted molar refractivity (Wildman–Crippen MR) is 139 cm³/mol. The highest BCUT2D eigenvalue weighted by atomic mass is 19.1. The number of carbonyl (C=O) groups excluding carboxylic acids is 2. The van der Waals surface area contributed by atoms with Crippen LogP contribution in [0.25, 0.3) is 0 Å². The van der Waals surface area contributed by atoms with Crippen molar-refractivity contribution in [1.82, 2.24) is 19.8 Å². The molecular formula is C29H29FN4O4. The zero-order valence-electron chi connectivity index (χ0n) is 21.5. The summed E-state index contributed by atoms with van der Waals surface area (Å²) in [5, 5.41) is 9.85. The molecule has 9 heteroatoms. The lowest BCUT2D eigenvalue weighted by Gasteiger charge is -2.37. The van der Waals surface area contributed by atoms with Gasteiger partial charge >= 0.3 is 0 Å². The molecule has 1 aliphatic heterocycles. The largest absolute Gasteiger partial charge is 0.472 e. The number of ether oxygens (including phenoxy) is 1. The van der Waals surface area contributed by atoms with Gasteiger partial charge in [0.15, 0.2) is 0 Å². The number of rotatable bonds is 5. The van der Waals surface area contributed by atoms with Gasteiger partial charge < -0.3 is 19.6 Å². The summed E-state index contributed by atoms with van der Waals surface area (Å²) in [6.45, 7) is 3.85. The number of halogens is 1. The van der Waals surface area contributed by atoms with Gasteiger partial charge in [0, 0.05) is 49.2 Å². The lowest BCUT2D eigenvalue weighted by Crippen LogP contribution is -2.50. The van der Waals surface area contributed by atoms with Crippen molar-refractivity contribution in [2.24, 2.45) is 5.92 Å². The Bertz CT molecular complexity index is 1370. The first-order valence-corrected chi connectivity index (χ1v) is 12.3. The predicted octanol–water partition coefficient (Wildman–Crippen LogP) is 3.01. The van der Waals surface area contributed by atoms with E-state index in [1.165, 1.54) is 29.3 Å². The van der Waals surface area contributed by atoms with Crippen LogP contribution < -0.4 is 4.74 Å².